The molecule has 2 aromatic rings. The average Bonchev–Trinajstić information content (AvgIpc) is 3.35. The van der Waals surface area contributed by atoms with Gasteiger partial charge in [-0.25, -0.2) is 9.13 Å². The smallest absolute Gasteiger partial charge is 0.234 e. The zero-order valence-electron chi connectivity index (χ0n) is 27.0. The first-order valence-electron chi connectivity index (χ1n) is 18.0. The topological polar surface area (TPSA) is 8.81 Å². The number of imidazole rings is 1. The van der Waals surface area contributed by atoms with Gasteiger partial charge in [-0.05, 0) is 24.8 Å². The summed E-state index contributed by atoms with van der Waals surface area (Å²) in [6.07, 6.45) is 40.0. The molecule has 1 heterocycles. The number of aromatic nitrogens is 2. The summed E-state index contributed by atoms with van der Waals surface area (Å²) in [4.78, 5) is 0. The normalized spacial score (nSPS) is 11.4. The van der Waals surface area contributed by atoms with E-state index < -0.39 is 0 Å². The minimum atomic E-state index is 0.999. The molecule has 40 heavy (non-hydrogen) atoms. The second-order valence-corrected chi connectivity index (χ2v) is 12.5. The van der Waals surface area contributed by atoms with E-state index in [1.807, 2.05) is 0 Å². The van der Waals surface area contributed by atoms with E-state index in [4.69, 9.17) is 0 Å². The molecule has 0 unspecified atom stereocenters. The van der Waals surface area contributed by atoms with Crippen molar-refractivity contribution in [3.8, 4) is 0 Å². The third-order valence-electron chi connectivity index (χ3n) is 8.79. The summed E-state index contributed by atoms with van der Waals surface area (Å²) in [5.41, 5.74) is 1.41. The Hall–Kier alpha value is -1.57. The highest BCUT2D eigenvalue weighted by atomic mass is 15.1. The Balaban J connectivity index is 1.61. The molecule has 0 bridgehead atoms. The number of aryl methyl sites for hydroxylation is 1. The first-order chi connectivity index (χ1) is 19.8. The fraction of sp³-hybridized carbons (Fsp3) is 0.763. The largest absolute Gasteiger partial charge is 0.256 e. The molecule has 2 heteroatoms. The van der Waals surface area contributed by atoms with Crippen LogP contribution in [0.15, 0.2) is 42.7 Å². The van der Waals surface area contributed by atoms with Crippen molar-refractivity contribution in [2.75, 3.05) is 0 Å². The molecule has 0 aliphatic carbocycles. The first-order valence-corrected chi connectivity index (χ1v) is 18.0. The standard InChI is InChI=1S/C38H67N2/c1-3-5-7-9-11-13-14-15-16-17-18-20-22-24-29-33-39-34-35-40(36-37-30-26-25-27-31-37)38(39)32-28-23-21-19-12-10-8-6-4-2/h25-27,30-31,34-35H,3-24,28-29,32-33,36H2,1-2H3/q+1. The highest BCUT2D eigenvalue weighted by molar-refractivity contribution is 5.13. The molecule has 0 saturated carbocycles. The molecule has 228 valence electrons. The van der Waals surface area contributed by atoms with E-state index >= 15 is 0 Å². The Kier molecular flexibility index (Phi) is 21.8. The van der Waals surface area contributed by atoms with Gasteiger partial charge in [-0.3, -0.25) is 0 Å². The van der Waals surface area contributed by atoms with Crippen LogP contribution in [0.1, 0.15) is 179 Å². The van der Waals surface area contributed by atoms with Gasteiger partial charge in [-0.15, -0.1) is 0 Å². The van der Waals surface area contributed by atoms with Crippen molar-refractivity contribution in [2.24, 2.45) is 0 Å². The number of hydrogen-bond donors (Lipinski definition) is 0. The van der Waals surface area contributed by atoms with Gasteiger partial charge in [0.25, 0.3) is 5.82 Å². The molecule has 0 aliphatic rings. The van der Waals surface area contributed by atoms with Gasteiger partial charge in [-0.1, -0.05) is 179 Å². The van der Waals surface area contributed by atoms with Gasteiger partial charge >= 0.3 is 0 Å². The maximum absolute atomic E-state index is 2.58. The van der Waals surface area contributed by atoms with Crippen LogP contribution in [-0.2, 0) is 19.5 Å². The van der Waals surface area contributed by atoms with E-state index in [2.05, 4.69) is 65.7 Å². The Morgan fingerprint density at radius 3 is 1.40 bits per heavy atom. The molecule has 0 aliphatic heterocycles. The van der Waals surface area contributed by atoms with Crippen molar-refractivity contribution < 1.29 is 4.57 Å². The number of benzene rings is 1. The molecule has 0 radical (unpaired) electrons. The molecule has 0 fully saturated rings. The lowest BCUT2D eigenvalue weighted by Crippen LogP contribution is -2.37. The van der Waals surface area contributed by atoms with Crippen molar-refractivity contribution in [1.29, 1.82) is 0 Å². The summed E-state index contributed by atoms with van der Waals surface area (Å²) >= 11 is 0. The summed E-state index contributed by atoms with van der Waals surface area (Å²) in [5, 5.41) is 0. The number of unbranched alkanes of at least 4 members (excludes halogenated alkanes) is 22. The van der Waals surface area contributed by atoms with Crippen molar-refractivity contribution in [1.82, 2.24) is 4.57 Å². The Morgan fingerprint density at radius 2 is 0.925 bits per heavy atom. The van der Waals surface area contributed by atoms with Crippen molar-refractivity contribution in [2.45, 2.75) is 187 Å². The fourth-order valence-electron chi connectivity index (χ4n) is 6.16. The van der Waals surface area contributed by atoms with Crippen LogP contribution in [0, 0.1) is 0 Å². The number of hydrogen-bond acceptors (Lipinski definition) is 0. The molecule has 1 aromatic heterocycles. The zero-order valence-corrected chi connectivity index (χ0v) is 27.0. The van der Waals surface area contributed by atoms with Gasteiger partial charge in [0.1, 0.15) is 18.9 Å². The third kappa shape index (κ3) is 17.3. The Morgan fingerprint density at radius 1 is 0.500 bits per heavy atom. The molecule has 0 atom stereocenters. The summed E-state index contributed by atoms with van der Waals surface area (Å²) in [7, 11) is 0. The predicted molar refractivity (Wildman–Crippen MR) is 176 cm³/mol. The van der Waals surface area contributed by atoms with Crippen LogP contribution in [0.3, 0.4) is 0 Å². The van der Waals surface area contributed by atoms with Crippen LogP contribution in [0.4, 0.5) is 0 Å². The van der Waals surface area contributed by atoms with Gasteiger partial charge in [-0.2, -0.15) is 0 Å². The van der Waals surface area contributed by atoms with Gasteiger partial charge in [0, 0.05) is 6.42 Å². The summed E-state index contributed by atoms with van der Waals surface area (Å²) < 4.78 is 5.10. The maximum atomic E-state index is 2.58. The second-order valence-electron chi connectivity index (χ2n) is 12.5. The Bertz CT molecular complexity index is 793. The van der Waals surface area contributed by atoms with E-state index in [0.29, 0.717) is 0 Å². The van der Waals surface area contributed by atoms with Gasteiger partial charge in [0.05, 0.1) is 6.54 Å². The quantitative estimate of drug-likeness (QED) is 0.0734. The van der Waals surface area contributed by atoms with E-state index in [-0.39, 0.29) is 0 Å². The lowest BCUT2D eigenvalue weighted by atomic mass is 10.0. The predicted octanol–water partition coefficient (Wildman–Crippen LogP) is 11.8. The third-order valence-corrected chi connectivity index (χ3v) is 8.79. The minimum Gasteiger partial charge on any atom is -0.234 e. The monoisotopic (exact) mass is 552 g/mol. The molecule has 2 rings (SSSR count). The zero-order chi connectivity index (χ0) is 28.4. The van der Waals surface area contributed by atoms with E-state index in [1.165, 1.54) is 178 Å². The summed E-state index contributed by atoms with van der Waals surface area (Å²) in [6.45, 7) is 6.80. The van der Waals surface area contributed by atoms with Crippen molar-refractivity contribution in [3.05, 3.63) is 54.1 Å². The molecule has 0 saturated heterocycles. The summed E-state index contributed by atoms with van der Waals surface area (Å²) in [5.74, 6) is 1.54. The molecule has 1 aromatic carbocycles. The van der Waals surface area contributed by atoms with Crippen LogP contribution in [-0.4, -0.2) is 4.57 Å². The van der Waals surface area contributed by atoms with Crippen LogP contribution in [0.25, 0.3) is 0 Å². The number of nitrogens with zero attached hydrogens (tertiary/aromatic N) is 2. The second kappa shape index (κ2) is 25.2. The van der Waals surface area contributed by atoms with Gasteiger partial charge in [0.2, 0.25) is 0 Å². The highest BCUT2D eigenvalue weighted by Crippen LogP contribution is 2.15. The van der Waals surface area contributed by atoms with Crippen LogP contribution >= 0.6 is 0 Å². The highest BCUT2D eigenvalue weighted by Gasteiger charge is 2.17. The van der Waals surface area contributed by atoms with Crippen molar-refractivity contribution in [3.63, 3.8) is 0 Å². The molecule has 0 N–H and O–H groups in total. The fourth-order valence-corrected chi connectivity index (χ4v) is 6.16. The molecular formula is C38H67N2+. The van der Waals surface area contributed by atoms with Crippen LogP contribution in [0.2, 0.25) is 0 Å². The minimum absolute atomic E-state index is 0.999. The SMILES string of the molecule is CCCCCCCCCCCCCCCCCn1cc[n+](Cc2ccccc2)c1CCCCCCCCCCC. The summed E-state index contributed by atoms with van der Waals surface area (Å²) in [6, 6.07) is 11.0. The van der Waals surface area contributed by atoms with E-state index in [0.717, 1.165) is 6.54 Å². The van der Waals surface area contributed by atoms with Crippen LogP contribution < -0.4 is 4.57 Å². The van der Waals surface area contributed by atoms with E-state index in [1.54, 1.807) is 0 Å². The lowest BCUT2D eigenvalue weighted by molar-refractivity contribution is -0.695. The number of rotatable bonds is 28. The van der Waals surface area contributed by atoms with E-state index in [9.17, 15) is 0 Å². The molecule has 0 amide bonds. The molecule has 2 nitrogen and oxygen atoms in total. The van der Waals surface area contributed by atoms with Gasteiger partial charge in [0.15, 0.2) is 0 Å². The molecule has 0 spiro atoms. The molecular weight excluding hydrogens is 484 g/mol. The average molecular weight is 552 g/mol. The maximum Gasteiger partial charge on any atom is 0.256 e. The van der Waals surface area contributed by atoms with Crippen LogP contribution in [0.5, 0.6) is 0 Å². The first kappa shape index (κ1) is 34.6. The lowest BCUT2D eigenvalue weighted by Gasteiger charge is -2.07. The van der Waals surface area contributed by atoms with Gasteiger partial charge < -0.3 is 0 Å². The van der Waals surface area contributed by atoms with Crippen molar-refractivity contribution >= 4 is 0 Å². The Labute approximate surface area is 250 Å².